The van der Waals surface area contributed by atoms with Crippen molar-refractivity contribution in [2.24, 2.45) is 5.92 Å². The van der Waals surface area contributed by atoms with Gasteiger partial charge in [0.05, 0.1) is 16.9 Å². The van der Waals surface area contributed by atoms with Gasteiger partial charge in [-0.2, -0.15) is 0 Å². The van der Waals surface area contributed by atoms with Gasteiger partial charge in [-0.15, -0.1) is 18.2 Å². The number of hydrogen-bond donors (Lipinski definition) is 0. The lowest BCUT2D eigenvalue weighted by molar-refractivity contribution is 0.520. The fourth-order valence-corrected chi connectivity index (χ4v) is 4.39. The summed E-state index contributed by atoms with van der Waals surface area (Å²) in [5.74, 6) is 0.137. The van der Waals surface area contributed by atoms with E-state index in [1.165, 1.54) is 0 Å². The van der Waals surface area contributed by atoms with Gasteiger partial charge >= 0.3 is 0 Å². The van der Waals surface area contributed by atoms with Gasteiger partial charge in [0.25, 0.3) is 0 Å². The molecular weight excluding hydrogens is 292 g/mol. The molecule has 1 aromatic rings. The predicted octanol–water partition coefficient (Wildman–Crippen LogP) is 4.12. The van der Waals surface area contributed by atoms with Crippen LogP contribution in [0.3, 0.4) is 0 Å². The topological polar surface area (TPSA) is 34.1 Å². The highest BCUT2D eigenvalue weighted by atomic mass is 35.5. The molecule has 2 atom stereocenters. The van der Waals surface area contributed by atoms with Crippen molar-refractivity contribution in [2.45, 2.75) is 37.8 Å². The molecule has 0 saturated heterocycles. The van der Waals surface area contributed by atoms with E-state index in [1.807, 2.05) is 38.1 Å². The second kappa shape index (κ2) is 7.84. The molecule has 0 aliphatic carbocycles. The van der Waals surface area contributed by atoms with Crippen LogP contribution in [-0.4, -0.2) is 19.5 Å². The Kier molecular flexibility index (Phi) is 6.77. The van der Waals surface area contributed by atoms with Crippen LogP contribution in [-0.2, 0) is 15.6 Å². The van der Waals surface area contributed by atoms with Crippen LogP contribution in [0.2, 0.25) is 0 Å². The Hall–Kier alpha value is -0.800. The van der Waals surface area contributed by atoms with E-state index >= 15 is 0 Å². The van der Waals surface area contributed by atoms with E-state index in [4.69, 9.17) is 11.6 Å². The molecule has 0 spiro atoms. The Morgan fingerprint density at radius 3 is 2.40 bits per heavy atom. The van der Waals surface area contributed by atoms with E-state index in [2.05, 4.69) is 6.58 Å². The summed E-state index contributed by atoms with van der Waals surface area (Å²) in [4.78, 5) is 0. The third kappa shape index (κ3) is 5.68. The van der Waals surface area contributed by atoms with Gasteiger partial charge < -0.3 is 0 Å². The Balaban J connectivity index is 2.76. The maximum Gasteiger partial charge on any atom is 0.154 e. The summed E-state index contributed by atoms with van der Waals surface area (Å²) in [5.41, 5.74) is 1.96. The molecule has 0 bridgehead atoms. The molecule has 0 aliphatic heterocycles. The van der Waals surface area contributed by atoms with Gasteiger partial charge in [-0.1, -0.05) is 49.2 Å². The number of sulfone groups is 1. The zero-order chi connectivity index (χ0) is 15.2. The van der Waals surface area contributed by atoms with Gasteiger partial charge in [0.2, 0.25) is 0 Å². The second-order valence-corrected chi connectivity index (χ2v) is 7.88. The Morgan fingerprint density at radius 2 is 1.90 bits per heavy atom. The number of aryl methyl sites for hydroxylation is 1. The van der Waals surface area contributed by atoms with E-state index in [-0.39, 0.29) is 22.8 Å². The van der Waals surface area contributed by atoms with E-state index in [0.29, 0.717) is 0 Å². The Bertz CT molecular complexity index is 520. The maximum absolute atomic E-state index is 12.3. The van der Waals surface area contributed by atoms with Crippen LogP contribution in [0.25, 0.3) is 0 Å². The predicted molar refractivity (Wildman–Crippen MR) is 86.9 cm³/mol. The number of halogens is 1. The van der Waals surface area contributed by atoms with Gasteiger partial charge in [0.1, 0.15) is 0 Å². The fourth-order valence-electron chi connectivity index (χ4n) is 2.22. The van der Waals surface area contributed by atoms with Crippen LogP contribution in [0.15, 0.2) is 36.9 Å². The molecule has 0 N–H and O–H groups in total. The van der Waals surface area contributed by atoms with Crippen molar-refractivity contribution in [3.63, 3.8) is 0 Å². The lowest BCUT2D eigenvalue weighted by Crippen LogP contribution is -2.24. The van der Waals surface area contributed by atoms with Crippen LogP contribution < -0.4 is 0 Å². The quantitative estimate of drug-likeness (QED) is 0.534. The first-order chi connectivity index (χ1) is 9.38. The fraction of sp³-hybridized carbons (Fsp3) is 0.500. The zero-order valence-corrected chi connectivity index (χ0v) is 13.8. The molecule has 20 heavy (non-hydrogen) atoms. The first kappa shape index (κ1) is 17.3. The molecule has 0 heterocycles. The summed E-state index contributed by atoms with van der Waals surface area (Å²) in [5, 5.41) is -0.289. The van der Waals surface area contributed by atoms with Crippen molar-refractivity contribution >= 4 is 21.4 Å². The average Bonchev–Trinajstić information content (AvgIpc) is 2.39. The highest BCUT2D eigenvalue weighted by Gasteiger charge is 2.23. The minimum absolute atomic E-state index is 0.0605. The average molecular weight is 315 g/mol. The molecule has 0 radical (unpaired) electrons. The second-order valence-electron chi connectivity index (χ2n) is 5.27. The minimum Gasteiger partial charge on any atom is -0.228 e. The summed E-state index contributed by atoms with van der Waals surface area (Å²) in [6.45, 7) is 7.68. The minimum atomic E-state index is -3.16. The van der Waals surface area contributed by atoms with Gasteiger partial charge in [-0.3, -0.25) is 0 Å². The first-order valence-corrected chi connectivity index (χ1v) is 9.16. The third-order valence-corrected chi connectivity index (χ3v) is 5.55. The molecule has 0 aliphatic rings. The molecule has 4 heteroatoms. The Labute approximate surface area is 127 Å². The number of allylic oxidation sites excluding steroid dienone is 1. The Morgan fingerprint density at radius 1 is 1.30 bits per heavy atom. The lowest BCUT2D eigenvalue weighted by atomic mass is 10.0. The monoisotopic (exact) mass is 314 g/mol. The summed E-state index contributed by atoms with van der Waals surface area (Å²) in [6.07, 6.45) is 3.35. The van der Waals surface area contributed by atoms with Gasteiger partial charge in [0, 0.05) is 0 Å². The number of rotatable bonds is 8. The maximum atomic E-state index is 12.3. The standard InChI is InChI=1S/C16H23ClO2S/c1-4-6-15(16(17)5-2)12-20(18,19)11-14-9-7-13(3)8-10-14/h5,7-10,15-16H,2,4,6,11-12H2,1,3H3. The highest BCUT2D eigenvalue weighted by molar-refractivity contribution is 7.90. The lowest BCUT2D eigenvalue weighted by Gasteiger charge is -2.19. The normalized spacial score (nSPS) is 14.8. The van der Waals surface area contributed by atoms with Crippen molar-refractivity contribution in [1.82, 2.24) is 0 Å². The molecule has 0 fully saturated rings. The summed E-state index contributed by atoms with van der Waals surface area (Å²) in [7, 11) is -3.16. The van der Waals surface area contributed by atoms with Crippen molar-refractivity contribution in [3.05, 3.63) is 48.0 Å². The van der Waals surface area contributed by atoms with Crippen LogP contribution in [0, 0.1) is 12.8 Å². The third-order valence-electron chi connectivity index (χ3n) is 3.31. The van der Waals surface area contributed by atoms with Gasteiger partial charge in [-0.25, -0.2) is 8.42 Å². The zero-order valence-electron chi connectivity index (χ0n) is 12.2. The SMILES string of the molecule is C=CC(Cl)C(CCC)CS(=O)(=O)Cc1ccc(C)cc1. The van der Waals surface area contributed by atoms with Crippen molar-refractivity contribution < 1.29 is 8.42 Å². The molecule has 2 unspecified atom stereocenters. The summed E-state index contributed by atoms with van der Waals surface area (Å²) in [6, 6.07) is 7.60. The molecular formula is C16H23ClO2S. The molecule has 0 saturated carbocycles. The largest absolute Gasteiger partial charge is 0.228 e. The number of benzene rings is 1. The van der Waals surface area contributed by atoms with Gasteiger partial charge in [-0.05, 0) is 24.8 Å². The van der Waals surface area contributed by atoms with Crippen LogP contribution in [0.1, 0.15) is 30.9 Å². The van der Waals surface area contributed by atoms with Crippen LogP contribution >= 0.6 is 11.6 Å². The van der Waals surface area contributed by atoms with Crippen molar-refractivity contribution in [3.8, 4) is 0 Å². The van der Waals surface area contributed by atoms with Crippen molar-refractivity contribution in [1.29, 1.82) is 0 Å². The van der Waals surface area contributed by atoms with Crippen LogP contribution in [0.5, 0.6) is 0 Å². The first-order valence-electron chi connectivity index (χ1n) is 6.90. The van der Waals surface area contributed by atoms with Gasteiger partial charge in [0.15, 0.2) is 9.84 Å². The molecule has 2 nitrogen and oxygen atoms in total. The molecule has 112 valence electrons. The summed E-state index contributed by atoms with van der Waals surface area (Å²) >= 11 is 6.16. The molecule has 1 aromatic carbocycles. The highest BCUT2D eigenvalue weighted by Crippen LogP contribution is 2.22. The van der Waals surface area contributed by atoms with E-state index in [9.17, 15) is 8.42 Å². The van der Waals surface area contributed by atoms with E-state index < -0.39 is 9.84 Å². The van der Waals surface area contributed by atoms with Crippen molar-refractivity contribution in [2.75, 3.05) is 5.75 Å². The summed E-state index contributed by atoms with van der Waals surface area (Å²) < 4.78 is 24.6. The number of hydrogen-bond acceptors (Lipinski definition) is 2. The number of alkyl halides is 1. The van der Waals surface area contributed by atoms with E-state index in [1.54, 1.807) is 6.08 Å². The molecule has 0 amide bonds. The molecule has 1 rings (SSSR count). The van der Waals surface area contributed by atoms with E-state index in [0.717, 1.165) is 24.0 Å². The smallest absolute Gasteiger partial charge is 0.154 e. The molecule has 0 aromatic heterocycles. The van der Waals surface area contributed by atoms with Crippen LogP contribution in [0.4, 0.5) is 0 Å².